The third kappa shape index (κ3) is 3.17. The Balaban J connectivity index is 2.21. The zero-order chi connectivity index (χ0) is 14.7. The van der Waals surface area contributed by atoms with E-state index in [1.165, 1.54) is 12.1 Å². The quantitative estimate of drug-likeness (QED) is 0.789. The van der Waals surface area contributed by atoms with E-state index in [1.54, 1.807) is 25.3 Å². The van der Waals surface area contributed by atoms with Gasteiger partial charge < -0.3 is 4.74 Å². The van der Waals surface area contributed by atoms with Crippen LogP contribution in [0.3, 0.4) is 0 Å². The minimum Gasteiger partial charge on any atom is -0.496 e. The number of Topliss-reactive ketones (excluding diaryl/α,β-unsaturated/α-hetero) is 1. The molecule has 0 fully saturated rings. The van der Waals surface area contributed by atoms with Crippen LogP contribution in [0.1, 0.15) is 21.5 Å². The summed E-state index contributed by atoms with van der Waals surface area (Å²) in [5, 5.41) is 0.0539. The first kappa shape index (κ1) is 14.5. The molecule has 0 saturated heterocycles. The smallest absolute Gasteiger partial charge is 0.167 e. The summed E-state index contributed by atoms with van der Waals surface area (Å²) in [5.74, 6) is 0.0570. The van der Waals surface area contributed by atoms with Gasteiger partial charge in [0.2, 0.25) is 0 Å². The summed E-state index contributed by atoms with van der Waals surface area (Å²) in [4.78, 5) is 12.2. The number of hydrogen-bond donors (Lipinski definition) is 0. The van der Waals surface area contributed by atoms with Gasteiger partial charge in [0.05, 0.1) is 12.1 Å². The Morgan fingerprint density at radius 3 is 2.65 bits per heavy atom. The summed E-state index contributed by atoms with van der Waals surface area (Å²) in [5.41, 5.74) is 2.10. The lowest BCUT2D eigenvalue weighted by molar-refractivity contribution is 0.0992. The van der Waals surface area contributed by atoms with Gasteiger partial charge >= 0.3 is 0 Å². The molecule has 0 radical (unpaired) electrons. The van der Waals surface area contributed by atoms with Crippen LogP contribution in [0.15, 0.2) is 36.4 Å². The molecule has 0 bridgehead atoms. The van der Waals surface area contributed by atoms with Crippen molar-refractivity contribution in [1.82, 2.24) is 0 Å². The van der Waals surface area contributed by atoms with Crippen LogP contribution >= 0.6 is 11.6 Å². The van der Waals surface area contributed by atoms with Crippen LogP contribution in [0.25, 0.3) is 0 Å². The first-order chi connectivity index (χ1) is 9.51. The summed E-state index contributed by atoms with van der Waals surface area (Å²) < 4.78 is 18.5. The number of hydrogen-bond acceptors (Lipinski definition) is 2. The van der Waals surface area contributed by atoms with E-state index in [0.29, 0.717) is 16.9 Å². The average molecular weight is 293 g/mol. The van der Waals surface area contributed by atoms with Crippen molar-refractivity contribution < 1.29 is 13.9 Å². The van der Waals surface area contributed by atoms with Gasteiger partial charge in [-0.2, -0.15) is 0 Å². The normalized spacial score (nSPS) is 10.4. The minimum absolute atomic E-state index is 0.0539. The molecule has 2 aromatic carbocycles. The van der Waals surface area contributed by atoms with Crippen LogP contribution in [0.4, 0.5) is 4.39 Å². The number of benzene rings is 2. The summed E-state index contributed by atoms with van der Waals surface area (Å²) in [6.45, 7) is 1.90. The van der Waals surface area contributed by atoms with Crippen molar-refractivity contribution in [3.05, 3.63) is 63.9 Å². The summed E-state index contributed by atoms with van der Waals surface area (Å²) in [7, 11) is 1.56. The number of carbonyl (C=O) groups excluding carboxylic acids is 1. The molecule has 0 heterocycles. The molecular weight excluding hydrogens is 279 g/mol. The molecule has 104 valence electrons. The van der Waals surface area contributed by atoms with Crippen molar-refractivity contribution in [3.63, 3.8) is 0 Å². The van der Waals surface area contributed by atoms with Crippen LogP contribution < -0.4 is 4.74 Å². The van der Waals surface area contributed by atoms with E-state index in [9.17, 15) is 9.18 Å². The van der Waals surface area contributed by atoms with Gasteiger partial charge in [0.1, 0.15) is 11.6 Å². The van der Waals surface area contributed by atoms with Crippen LogP contribution in [0, 0.1) is 12.7 Å². The van der Waals surface area contributed by atoms with E-state index in [2.05, 4.69) is 0 Å². The van der Waals surface area contributed by atoms with Gasteiger partial charge in [0.15, 0.2) is 5.78 Å². The Morgan fingerprint density at radius 2 is 2.00 bits per heavy atom. The zero-order valence-corrected chi connectivity index (χ0v) is 12.0. The van der Waals surface area contributed by atoms with Crippen molar-refractivity contribution in [2.45, 2.75) is 13.3 Å². The standard InChI is InChI=1S/C16H14ClFO2/c1-10-3-5-12(9-16(10)20-2)15(19)8-11-4-6-13(17)14(18)7-11/h3-7,9H,8H2,1-2H3. The van der Waals surface area contributed by atoms with Crippen LogP contribution in [-0.2, 0) is 6.42 Å². The molecule has 0 saturated carbocycles. The van der Waals surface area contributed by atoms with Gasteiger partial charge in [-0.25, -0.2) is 4.39 Å². The van der Waals surface area contributed by atoms with Gasteiger partial charge in [-0.15, -0.1) is 0 Å². The van der Waals surface area contributed by atoms with E-state index in [4.69, 9.17) is 16.3 Å². The van der Waals surface area contributed by atoms with E-state index < -0.39 is 5.82 Å². The number of carbonyl (C=O) groups is 1. The molecule has 4 heteroatoms. The highest BCUT2D eigenvalue weighted by Gasteiger charge is 2.11. The maximum absolute atomic E-state index is 13.3. The third-order valence-electron chi connectivity index (χ3n) is 3.08. The van der Waals surface area contributed by atoms with Crippen molar-refractivity contribution in [2.24, 2.45) is 0 Å². The van der Waals surface area contributed by atoms with Crippen molar-refractivity contribution in [2.75, 3.05) is 7.11 Å². The second-order valence-electron chi connectivity index (χ2n) is 4.53. The molecule has 0 aliphatic rings. The van der Waals surface area contributed by atoms with Crippen molar-refractivity contribution in [3.8, 4) is 5.75 Å². The molecule has 0 aromatic heterocycles. The number of halogens is 2. The molecule has 0 amide bonds. The minimum atomic E-state index is -0.515. The molecule has 20 heavy (non-hydrogen) atoms. The first-order valence-corrected chi connectivity index (χ1v) is 6.51. The first-order valence-electron chi connectivity index (χ1n) is 6.13. The monoisotopic (exact) mass is 292 g/mol. The average Bonchev–Trinajstić information content (AvgIpc) is 2.43. The Kier molecular flexibility index (Phi) is 4.40. The molecular formula is C16H14ClFO2. The number of ketones is 1. The van der Waals surface area contributed by atoms with E-state index in [0.717, 1.165) is 5.56 Å². The van der Waals surface area contributed by atoms with Gasteiger partial charge in [0.25, 0.3) is 0 Å². The Hall–Kier alpha value is -1.87. The zero-order valence-electron chi connectivity index (χ0n) is 11.2. The highest BCUT2D eigenvalue weighted by molar-refractivity contribution is 6.30. The van der Waals surface area contributed by atoms with Gasteiger partial charge in [0, 0.05) is 12.0 Å². The molecule has 0 spiro atoms. The highest BCUT2D eigenvalue weighted by atomic mass is 35.5. The lowest BCUT2D eigenvalue weighted by Crippen LogP contribution is -2.04. The number of aryl methyl sites for hydroxylation is 1. The van der Waals surface area contributed by atoms with Gasteiger partial charge in [-0.05, 0) is 36.2 Å². The summed E-state index contributed by atoms with van der Waals surface area (Å²) in [6.07, 6.45) is 0.125. The fourth-order valence-corrected chi connectivity index (χ4v) is 2.05. The molecule has 0 unspecified atom stereocenters. The Morgan fingerprint density at radius 1 is 1.25 bits per heavy atom. The van der Waals surface area contributed by atoms with Crippen LogP contribution in [0.2, 0.25) is 5.02 Å². The second kappa shape index (κ2) is 6.06. The molecule has 2 aromatic rings. The molecule has 0 aliphatic carbocycles. The Labute approximate surface area is 122 Å². The lowest BCUT2D eigenvalue weighted by atomic mass is 10.0. The SMILES string of the molecule is COc1cc(C(=O)Cc2ccc(Cl)c(F)c2)ccc1C. The summed E-state index contributed by atoms with van der Waals surface area (Å²) >= 11 is 5.61. The number of methoxy groups -OCH3 is 1. The van der Waals surface area contributed by atoms with Gasteiger partial charge in [-0.3, -0.25) is 4.79 Å². The molecule has 0 atom stereocenters. The number of rotatable bonds is 4. The second-order valence-corrected chi connectivity index (χ2v) is 4.94. The topological polar surface area (TPSA) is 26.3 Å². The molecule has 0 N–H and O–H groups in total. The van der Waals surface area contributed by atoms with Crippen LogP contribution in [0.5, 0.6) is 5.75 Å². The highest BCUT2D eigenvalue weighted by Crippen LogP contribution is 2.21. The van der Waals surface area contributed by atoms with Crippen molar-refractivity contribution in [1.29, 1.82) is 0 Å². The molecule has 0 aliphatic heterocycles. The lowest BCUT2D eigenvalue weighted by Gasteiger charge is -2.07. The maximum Gasteiger partial charge on any atom is 0.167 e. The van der Waals surface area contributed by atoms with E-state index in [1.807, 2.05) is 13.0 Å². The maximum atomic E-state index is 13.3. The Bertz CT molecular complexity index is 653. The number of ether oxygens (including phenoxy) is 1. The largest absolute Gasteiger partial charge is 0.496 e. The van der Waals surface area contributed by atoms with E-state index in [-0.39, 0.29) is 17.2 Å². The molecule has 2 nitrogen and oxygen atoms in total. The predicted molar refractivity (Wildman–Crippen MR) is 77.2 cm³/mol. The fourth-order valence-electron chi connectivity index (χ4n) is 1.93. The van der Waals surface area contributed by atoms with Gasteiger partial charge in [-0.1, -0.05) is 29.8 Å². The molecule has 2 rings (SSSR count). The van der Waals surface area contributed by atoms with Crippen LogP contribution in [-0.4, -0.2) is 12.9 Å². The summed E-state index contributed by atoms with van der Waals surface area (Å²) in [6, 6.07) is 9.65. The third-order valence-corrected chi connectivity index (χ3v) is 3.39. The predicted octanol–water partition coefficient (Wildman–Crippen LogP) is 4.22. The fraction of sp³-hybridized carbons (Fsp3) is 0.188. The van der Waals surface area contributed by atoms with Crippen molar-refractivity contribution >= 4 is 17.4 Å². The van der Waals surface area contributed by atoms with E-state index >= 15 is 0 Å².